The summed E-state index contributed by atoms with van der Waals surface area (Å²) in [6, 6.07) is 3.88. The Kier molecular flexibility index (Phi) is 5.09. The monoisotopic (exact) mass is 309 g/mol. The van der Waals surface area contributed by atoms with Crippen LogP contribution in [0.4, 0.5) is 13.2 Å². The van der Waals surface area contributed by atoms with Crippen LogP contribution in [0.1, 0.15) is 16.7 Å². The molecule has 0 spiro atoms. The lowest BCUT2D eigenvalue weighted by atomic mass is 10.0. The Morgan fingerprint density at radius 3 is 2.47 bits per heavy atom. The molecular weight excluding hydrogens is 303 g/mol. The van der Waals surface area contributed by atoms with Gasteiger partial charge in [0.1, 0.15) is 6.07 Å². The maximum absolute atomic E-state index is 12.3. The number of aliphatic carboxylic acids is 1. The van der Waals surface area contributed by atoms with Crippen molar-refractivity contribution in [3.63, 3.8) is 0 Å². The van der Waals surface area contributed by atoms with E-state index in [4.69, 9.17) is 22.0 Å². The van der Waals surface area contributed by atoms with Gasteiger partial charge in [0.05, 0.1) is 12.0 Å². The molecule has 1 rings (SSSR count). The van der Waals surface area contributed by atoms with Crippen LogP contribution in [0.5, 0.6) is 0 Å². The van der Waals surface area contributed by atoms with Gasteiger partial charge in [-0.1, -0.05) is 0 Å². The highest BCUT2D eigenvalue weighted by Gasteiger charge is 2.31. The van der Waals surface area contributed by atoms with Crippen LogP contribution in [-0.4, -0.2) is 16.6 Å². The summed E-state index contributed by atoms with van der Waals surface area (Å²) >= 11 is 5.17. The largest absolute Gasteiger partial charge is 0.481 e. The predicted molar refractivity (Wildman–Crippen MR) is 64.0 cm³/mol. The van der Waals surface area contributed by atoms with Crippen molar-refractivity contribution >= 4 is 29.3 Å². The highest BCUT2D eigenvalue weighted by molar-refractivity contribution is 8.00. The van der Waals surface area contributed by atoms with Crippen LogP contribution >= 0.6 is 23.4 Å². The summed E-state index contributed by atoms with van der Waals surface area (Å²) in [7, 11) is 0. The van der Waals surface area contributed by atoms with Gasteiger partial charge in [-0.3, -0.25) is 4.79 Å². The minimum Gasteiger partial charge on any atom is -0.481 e. The number of hydrogen-bond acceptors (Lipinski definition) is 3. The molecule has 0 unspecified atom stereocenters. The fraction of sp³-hybridized carbons (Fsp3) is 0.273. The van der Waals surface area contributed by atoms with E-state index in [2.05, 4.69) is 0 Å². The van der Waals surface area contributed by atoms with E-state index in [1.807, 2.05) is 0 Å². The number of nitriles is 1. The highest BCUT2D eigenvalue weighted by atomic mass is 35.5. The zero-order valence-electron chi connectivity index (χ0n) is 9.29. The molecule has 19 heavy (non-hydrogen) atoms. The smallest absolute Gasteiger partial charge is 0.446 e. The molecule has 102 valence electrons. The molecule has 0 atom stereocenters. The van der Waals surface area contributed by atoms with Crippen molar-refractivity contribution in [2.24, 2.45) is 0 Å². The molecule has 0 saturated carbocycles. The maximum atomic E-state index is 12.3. The van der Waals surface area contributed by atoms with Gasteiger partial charge in [-0.25, -0.2) is 0 Å². The number of carboxylic acids is 1. The van der Waals surface area contributed by atoms with Crippen LogP contribution in [0.15, 0.2) is 17.0 Å². The second-order valence-corrected chi connectivity index (χ2v) is 4.85. The second-order valence-electron chi connectivity index (χ2n) is 3.48. The SMILES string of the molecule is N#Cc1cc(CC(=O)O)c(CCl)cc1SC(F)(F)F. The Hall–Kier alpha value is -1.39. The second kappa shape index (κ2) is 6.17. The van der Waals surface area contributed by atoms with Crippen molar-refractivity contribution in [3.05, 3.63) is 28.8 Å². The Labute approximate surface area is 116 Å². The zero-order chi connectivity index (χ0) is 14.6. The lowest BCUT2D eigenvalue weighted by Crippen LogP contribution is -2.06. The topological polar surface area (TPSA) is 61.1 Å². The zero-order valence-corrected chi connectivity index (χ0v) is 10.9. The van der Waals surface area contributed by atoms with E-state index in [1.54, 1.807) is 6.07 Å². The van der Waals surface area contributed by atoms with Gasteiger partial charge in [-0.2, -0.15) is 18.4 Å². The van der Waals surface area contributed by atoms with Gasteiger partial charge in [-0.05, 0) is 35.0 Å². The number of nitrogens with zero attached hydrogens (tertiary/aromatic N) is 1. The number of thioether (sulfide) groups is 1. The first-order valence-electron chi connectivity index (χ1n) is 4.86. The van der Waals surface area contributed by atoms with Crippen LogP contribution in [0.3, 0.4) is 0 Å². The van der Waals surface area contributed by atoms with Crippen LogP contribution in [-0.2, 0) is 17.1 Å². The van der Waals surface area contributed by atoms with Crippen molar-refractivity contribution in [2.45, 2.75) is 22.7 Å². The Balaban J connectivity index is 3.28. The first kappa shape index (κ1) is 15.7. The summed E-state index contributed by atoms with van der Waals surface area (Å²) in [5.74, 6) is -1.27. The van der Waals surface area contributed by atoms with E-state index in [1.165, 1.54) is 0 Å². The number of alkyl halides is 4. The molecule has 0 amide bonds. The lowest BCUT2D eigenvalue weighted by Gasteiger charge is -2.11. The Morgan fingerprint density at radius 1 is 1.42 bits per heavy atom. The van der Waals surface area contributed by atoms with E-state index in [9.17, 15) is 18.0 Å². The van der Waals surface area contributed by atoms with Crippen LogP contribution in [0.2, 0.25) is 0 Å². The van der Waals surface area contributed by atoms with Crippen molar-refractivity contribution in [3.8, 4) is 6.07 Å². The standard InChI is InChI=1S/C11H7ClF3NO2S/c12-4-7-2-9(19-11(13,14)15)8(5-16)1-6(7)3-10(17)18/h1-2H,3-4H2,(H,17,18). The van der Waals surface area contributed by atoms with Crippen LogP contribution < -0.4 is 0 Å². The van der Waals surface area contributed by atoms with Gasteiger partial charge in [0.2, 0.25) is 0 Å². The Morgan fingerprint density at radius 2 is 2.05 bits per heavy atom. The molecule has 1 N–H and O–H groups in total. The van der Waals surface area contributed by atoms with Crippen molar-refractivity contribution in [2.75, 3.05) is 0 Å². The number of benzene rings is 1. The van der Waals surface area contributed by atoms with Crippen LogP contribution in [0, 0.1) is 11.3 Å². The quantitative estimate of drug-likeness (QED) is 0.682. The molecule has 0 heterocycles. The Bertz CT molecular complexity index is 540. The number of carboxylic acid groups (broad SMARTS) is 1. The normalized spacial score (nSPS) is 11.1. The summed E-state index contributed by atoms with van der Waals surface area (Å²) in [5.41, 5.74) is -4.23. The van der Waals surface area contributed by atoms with Crippen molar-refractivity contribution < 1.29 is 23.1 Å². The fourth-order valence-corrected chi connectivity index (χ4v) is 2.33. The first-order valence-corrected chi connectivity index (χ1v) is 6.21. The first-order chi connectivity index (χ1) is 8.76. The molecule has 0 saturated heterocycles. The molecule has 0 aliphatic heterocycles. The van der Waals surface area contributed by atoms with Gasteiger partial charge < -0.3 is 5.11 Å². The third kappa shape index (κ3) is 4.65. The molecule has 1 aromatic rings. The summed E-state index contributed by atoms with van der Waals surface area (Å²) in [4.78, 5) is 10.4. The van der Waals surface area contributed by atoms with Crippen LogP contribution in [0.25, 0.3) is 0 Å². The van der Waals surface area contributed by atoms with E-state index in [-0.39, 0.29) is 27.5 Å². The average Bonchev–Trinajstić information content (AvgIpc) is 2.27. The number of hydrogen-bond donors (Lipinski definition) is 1. The molecule has 0 bridgehead atoms. The number of rotatable bonds is 4. The molecule has 8 heteroatoms. The lowest BCUT2D eigenvalue weighted by molar-refractivity contribution is -0.136. The maximum Gasteiger partial charge on any atom is 0.446 e. The van der Waals surface area contributed by atoms with Gasteiger partial charge in [0.25, 0.3) is 0 Å². The minimum absolute atomic E-state index is 0.125. The van der Waals surface area contributed by atoms with Crippen molar-refractivity contribution in [1.29, 1.82) is 5.26 Å². The average molecular weight is 310 g/mol. The van der Waals surface area contributed by atoms with Crippen molar-refractivity contribution in [1.82, 2.24) is 0 Å². The number of carbonyl (C=O) groups is 1. The number of halogens is 4. The molecule has 0 fully saturated rings. The summed E-state index contributed by atoms with van der Waals surface area (Å²) in [6.45, 7) is 0. The third-order valence-electron chi connectivity index (χ3n) is 2.13. The molecular formula is C11H7ClF3NO2S. The van der Waals surface area contributed by atoms with E-state index >= 15 is 0 Å². The predicted octanol–water partition coefficient (Wildman–Crippen LogP) is 3.54. The summed E-state index contributed by atoms with van der Waals surface area (Å²) in [6.07, 6.45) is -0.395. The van der Waals surface area contributed by atoms with Gasteiger partial charge in [0.15, 0.2) is 0 Å². The van der Waals surface area contributed by atoms with E-state index in [0.717, 1.165) is 12.1 Å². The summed E-state index contributed by atoms with van der Waals surface area (Å²) < 4.78 is 37.0. The van der Waals surface area contributed by atoms with E-state index in [0.29, 0.717) is 0 Å². The van der Waals surface area contributed by atoms with E-state index < -0.39 is 29.7 Å². The minimum atomic E-state index is -4.52. The van der Waals surface area contributed by atoms with Gasteiger partial charge in [-0.15, -0.1) is 11.6 Å². The fourth-order valence-electron chi connectivity index (χ4n) is 1.42. The summed E-state index contributed by atoms with van der Waals surface area (Å²) in [5, 5.41) is 17.5. The molecule has 3 nitrogen and oxygen atoms in total. The molecule has 0 radical (unpaired) electrons. The third-order valence-corrected chi connectivity index (χ3v) is 3.21. The molecule has 0 aliphatic rings. The highest BCUT2D eigenvalue weighted by Crippen LogP contribution is 2.39. The van der Waals surface area contributed by atoms with Gasteiger partial charge >= 0.3 is 11.5 Å². The van der Waals surface area contributed by atoms with Gasteiger partial charge in [0, 0.05) is 10.8 Å². The molecule has 1 aromatic carbocycles. The molecule has 0 aliphatic carbocycles. The molecule has 0 aromatic heterocycles.